The second-order valence-electron chi connectivity index (χ2n) is 6.05. The van der Waals surface area contributed by atoms with Crippen molar-refractivity contribution in [3.8, 4) is 0 Å². The number of fused-ring (bicyclic) bond motifs is 1. The zero-order valence-electron chi connectivity index (χ0n) is 13.6. The molecule has 1 aromatic carbocycles. The number of benzene rings is 1. The van der Waals surface area contributed by atoms with Crippen LogP contribution >= 0.6 is 23.7 Å². The van der Waals surface area contributed by atoms with Crippen LogP contribution in [-0.4, -0.2) is 37.0 Å². The van der Waals surface area contributed by atoms with Gasteiger partial charge in [0.05, 0.1) is 0 Å². The zero-order chi connectivity index (χ0) is 15.4. The molecule has 1 atom stereocenters. The van der Waals surface area contributed by atoms with Gasteiger partial charge >= 0.3 is 0 Å². The van der Waals surface area contributed by atoms with E-state index in [1.807, 2.05) is 7.05 Å². The van der Waals surface area contributed by atoms with E-state index in [-0.39, 0.29) is 12.4 Å². The summed E-state index contributed by atoms with van der Waals surface area (Å²) in [5.74, 6) is 0.331. The molecule has 0 spiro atoms. The van der Waals surface area contributed by atoms with Crippen LogP contribution in [0.1, 0.15) is 31.2 Å². The first-order valence-electron chi connectivity index (χ1n) is 8.19. The van der Waals surface area contributed by atoms with E-state index in [9.17, 15) is 4.79 Å². The number of amides is 1. The quantitative estimate of drug-likeness (QED) is 0.856. The lowest BCUT2D eigenvalue weighted by molar-refractivity contribution is -0.132. The Hall–Kier alpha value is -1.10. The van der Waals surface area contributed by atoms with Gasteiger partial charge in [-0.15, -0.1) is 23.7 Å². The van der Waals surface area contributed by atoms with Gasteiger partial charge in [-0.25, -0.2) is 0 Å². The first-order valence-corrected chi connectivity index (χ1v) is 9.06. The molecule has 0 aliphatic carbocycles. The standard InChI is InChI=1S/C18H24N2OS.ClH/c1-19-12-15-7-5-11-20(15)18(21)10-4-6-14-13-22-17-9-3-2-8-16(14)17;/h2-3,8-9,13,15,19H,4-7,10-12H2,1H3;1H. The summed E-state index contributed by atoms with van der Waals surface area (Å²) in [6.45, 7) is 1.85. The van der Waals surface area contributed by atoms with E-state index in [0.29, 0.717) is 18.4 Å². The predicted octanol–water partition coefficient (Wildman–Crippen LogP) is 3.86. The molecule has 126 valence electrons. The molecule has 1 fully saturated rings. The average Bonchev–Trinajstić information content (AvgIpc) is 3.15. The number of likely N-dealkylation sites (tertiary alicyclic amines) is 1. The molecule has 1 N–H and O–H groups in total. The number of likely N-dealkylation sites (N-methyl/N-ethyl adjacent to an activating group) is 1. The first-order chi connectivity index (χ1) is 10.8. The van der Waals surface area contributed by atoms with Gasteiger partial charge in [-0.05, 0) is 55.1 Å². The summed E-state index contributed by atoms with van der Waals surface area (Å²) in [6.07, 6.45) is 4.90. The van der Waals surface area contributed by atoms with Crippen LogP contribution in [0.3, 0.4) is 0 Å². The summed E-state index contributed by atoms with van der Waals surface area (Å²) in [4.78, 5) is 14.5. The molecule has 2 heterocycles. The molecule has 0 radical (unpaired) electrons. The number of carbonyl (C=O) groups is 1. The van der Waals surface area contributed by atoms with Crippen LogP contribution in [-0.2, 0) is 11.2 Å². The van der Waals surface area contributed by atoms with Crippen molar-refractivity contribution in [1.82, 2.24) is 10.2 Å². The molecule has 1 amide bonds. The van der Waals surface area contributed by atoms with Gasteiger partial charge in [-0.1, -0.05) is 18.2 Å². The fourth-order valence-corrected chi connectivity index (χ4v) is 4.41. The first kappa shape index (κ1) is 18.2. The highest BCUT2D eigenvalue weighted by atomic mass is 35.5. The third-order valence-electron chi connectivity index (χ3n) is 4.54. The Labute approximate surface area is 148 Å². The molecule has 5 heteroatoms. The van der Waals surface area contributed by atoms with Crippen molar-refractivity contribution in [3.05, 3.63) is 35.2 Å². The van der Waals surface area contributed by atoms with Crippen molar-refractivity contribution in [2.24, 2.45) is 0 Å². The molecule has 0 saturated carbocycles. The van der Waals surface area contributed by atoms with Crippen LogP contribution in [0, 0.1) is 0 Å². The number of halogens is 1. The van der Waals surface area contributed by atoms with E-state index in [4.69, 9.17) is 0 Å². The van der Waals surface area contributed by atoms with E-state index in [0.717, 1.165) is 38.8 Å². The second kappa shape index (κ2) is 8.67. The highest BCUT2D eigenvalue weighted by Crippen LogP contribution is 2.27. The zero-order valence-corrected chi connectivity index (χ0v) is 15.2. The Morgan fingerprint density at radius 3 is 3.04 bits per heavy atom. The number of hydrogen-bond acceptors (Lipinski definition) is 3. The minimum atomic E-state index is 0. The molecular formula is C18H25ClN2OS. The SMILES string of the molecule is CNCC1CCCN1C(=O)CCCc1csc2ccccc12.Cl. The van der Waals surface area contributed by atoms with Crippen LogP contribution in [0.15, 0.2) is 29.6 Å². The average molecular weight is 353 g/mol. The van der Waals surface area contributed by atoms with Gasteiger partial charge in [0.1, 0.15) is 0 Å². The number of thiophene rings is 1. The van der Waals surface area contributed by atoms with E-state index in [1.165, 1.54) is 15.6 Å². The molecule has 1 saturated heterocycles. The lowest BCUT2D eigenvalue weighted by Crippen LogP contribution is -2.40. The Bertz CT molecular complexity index is 643. The molecule has 0 bridgehead atoms. The summed E-state index contributed by atoms with van der Waals surface area (Å²) >= 11 is 1.80. The number of carbonyl (C=O) groups excluding carboxylic acids is 1. The third kappa shape index (κ3) is 4.25. The van der Waals surface area contributed by atoms with Crippen molar-refractivity contribution >= 4 is 39.7 Å². The Morgan fingerprint density at radius 2 is 2.22 bits per heavy atom. The van der Waals surface area contributed by atoms with Crippen molar-refractivity contribution in [2.45, 2.75) is 38.1 Å². The third-order valence-corrected chi connectivity index (χ3v) is 5.55. The monoisotopic (exact) mass is 352 g/mol. The van der Waals surface area contributed by atoms with E-state index >= 15 is 0 Å². The molecular weight excluding hydrogens is 328 g/mol. The molecule has 23 heavy (non-hydrogen) atoms. The number of rotatable bonds is 6. The van der Waals surface area contributed by atoms with Crippen molar-refractivity contribution in [3.63, 3.8) is 0 Å². The maximum absolute atomic E-state index is 12.4. The van der Waals surface area contributed by atoms with E-state index in [1.54, 1.807) is 11.3 Å². The highest BCUT2D eigenvalue weighted by molar-refractivity contribution is 7.17. The lowest BCUT2D eigenvalue weighted by Gasteiger charge is -2.24. The summed E-state index contributed by atoms with van der Waals surface area (Å²) in [6, 6.07) is 8.94. The molecule has 3 nitrogen and oxygen atoms in total. The number of nitrogens with one attached hydrogen (secondary N) is 1. The maximum Gasteiger partial charge on any atom is 0.222 e. The second-order valence-corrected chi connectivity index (χ2v) is 6.96. The van der Waals surface area contributed by atoms with Gasteiger partial charge in [0.25, 0.3) is 0 Å². The summed E-state index contributed by atoms with van der Waals surface area (Å²) in [5.41, 5.74) is 1.39. The fraction of sp³-hybridized carbons (Fsp3) is 0.500. The van der Waals surface area contributed by atoms with Gasteiger partial charge in [-0.2, -0.15) is 0 Å². The Morgan fingerprint density at radius 1 is 1.39 bits per heavy atom. The highest BCUT2D eigenvalue weighted by Gasteiger charge is 2.27. The van der Waals surface area contributed by atoms with Gasteiger partial charge in [0, 0.05) is 30.3 Å². The minimum Gasteiger partial charge on any atom is -0.338 e. The number of nitrogens with zero attached hydrogens (tertiary/aromatic N) is 1. The van der Waals surface area contributed by atoms with Gasteiger partial charge in [0.15, 0.2) is 0 Å². The van der Waals surface area contributed by atoms with Crippen molar-refractivity contribution < 1.29 is 4.79 Å². The molecule has 3 rings (SSSR count). The van der Waals surface area contributed by atoms with E-state index < -0.39 is 0 Å². The van der Waals surface area contributed by atoms with Crippen molar-refractivity contribution in [2.75, 3.05) is 20.1 Å². The smallest absolute Gasteiger partial charge is 0.222 e. The molecule has 1 aromatic heterocycles. The van der Waals surface area contributed by atoms with Crippen LogP contribution in [0.2, 0.25) is 0 Å². The summed E-state index contributed by atoms with van der Waals surface area (Å²) in [7, 11) is 1.96. The maximum atomic E-state index is 12.4. The Kier molecular flexibility index (Phi) is 6.88. The number of aryl methyl sites for hydroxylation is 1. The van der Waals surface area contributed by atoms with Crippen LogP contribution < -0.4 is 5.32 Å². The van der Waals surface area contributed by atoms with Crippen LogP contribution in [0.5, 0.6) is 0 Å². The molecule has 1 unspecified atom stereocenters. The lowest BCUT2D eigenvalue weighted by atomic mass is 10.1. The van der Waals surface area contributed by atoms with Gasteiger partial charge < -0.3 is 10.2 Å². The normalized spacial score (nSPS) is 17.4. The predicted molar refractivity (Wildman–Crippen MR) is 101 cm³/mol. The molecule has 2 aromatic rings. The number of hydrogen-bond donors (Lipinski definition) is 1. The summed E-state index contributed by atoms with van der Waals surface area (Å²) in [5, 5.41) is 6.80. The fourth-order valence-electron chi connectivity index (χ4n) is 3.41. The topological polar surface area (TPSA) is 32.3 Å². The van der Waals surface area contributed by atoms with Crippen LogP contribution in [0.25, 0.3) is 10.1 Å². The largest absolute Gasteiger partial charge is 0.338 e. The summed E-state index contributed by atoms with van der Waals surface area (Å²) < 4.78 is 1.34. The molecule has 1 aliphatic rings. The Balaban J connectivity index is 0.00000192. The molecule has 1 aliphatic heterocycles. The van der Waals surface area contributed by atoms with Crippen molar-refractivity contribution in [1.29, 1.82) is 0 Å². The minimum absolute atomic E-state index is 0. The van der Waals surface area contributed by atoms with E-state index in [2.05, 4.69) is 39.9 Å². The van der Waals surface area contributed by atoms with Crippen LogP contribution in [0.4, 0.5) is 0 Å². The van der Waals surface area contributed by atoms with Gasteiger partial charge in [-0.3, -0.25) is 4.79 Å². The van der Waals surface area contributed by atoms with Gasteiger partial charge in [0.2, 0.25) is 5.91 Å².